The van der Waals surface area contributed by atoms with Gasteiger partial charge >= 0.3 is 0 Å². The quantitative estimate of drug-likeness (QED) is 0.666. The zero-order valence-corrected chi connectivity index (χ0v) is 12.1. The molecule has 0 spiro atoms. The first-order valence-corrected chi connectivity index (χ1v) is 7.28. The lowest BCUT2D eigenvalue weighted by Gasteiger charge is -2.09. The summed E-state index contributed by atoms with van der Waals surface area (Å²) in [4.78, 5) is 10.5. The molecule has 0 aliphatic heterocycles. The van der Waals surface area contributed by atoms with Crippen molar-refractivity contribution in [3.63, 3.8) is 0 Å². The number of rotatable bonds is 5. The van der Waals surface area contributed by atoms with Gasteiger partial charge in [-0.25, -0.2) is 0 Å². The predicted molar refractivity (Wildman–Crippen MR) is 83.4 cm³/mol. The number of non-ortho nitro benzene ring substituents is 1. The summed E-state index contributed by atoms with van der Waals surface area (Å²) in [5.74, 6) is 0. The molecular formula is C16H15ClN2O2. The van der Waals surface area contributed by atoms with E-state index in [4.69, 9.17) is 11.6 Å². The molecule has 0 unspecified atom stereocenters. The fraction of sp³-hybridized carbons (Fsp3) is 0.250. The minimum absolute atomic E-state index is 0.0973. The molecule has 21 heavy (non-hydrogen) atoms. The van der Waals surface area contributed by atoms with E-state index in [-0.39, 0.29) is 10.6 Å². The van der Waals surface area contributed by atoms with Crippen LogP contribution in [0.1, 0.15) is 18.4 Å². The first kappa shape index (κ1) is 14.0. The Morgan fingerprint density at radius 3 is 2.67 bits per heavy atom. The third-order valence-corrected chi connectivity index (χ3v) is 3.96. The molecule has 108 valence electrons. The van der Waals surface area contributed by atoms with E-state index in [1.54, 1.807) is 12.1 Å². The lowest BCUT2D eigenvalue weighted by Crippen LogP contribution is -2.15. The van der Waals surface area contributed by atoms with Crippen molar-refractivity contribution in [1.82, 2.24) is 5.32 Å². The molecule has 4 nitrogen and oxygen atoms in total. The molecule has 2 aromatic rings. The monoisotopic (exact) mass is 302 g/mol. The maximum absolute atomic E-state index is 10.9. The van der Waals surface area contributed by atoms with Crippen molar-refractivity contribution in [2.45, 2.75) is 25.4 Å². The molecule has 0 amide bonds. The number of hydrogen-bond donors (Lipinski definition) is 1. The van der Waals surface area contributed by atoms with Crippen LogP contribution in [-0.2, 0) is 6.54 Å². The molecule has 1 aliphatic rings. The number of nitrogens with zero attached hydrogens (tertiary/aromatic N) is 1. The molecule has 0 heterocycles. The number of nitro groups is 1. The second-order valence-electron chi connectivity index (χ2n) is 5.27. The molecule has 0 bridgehead atoms. The van der Waals surface area contributed by atoms with E-state index >= 15 is 0 Å². The van der Waals surface area contributed by atoms with Crippen molar-refractivity contribution in [1.29, 1.82) is 0 Å². The van der Waals surface area contributed by atoms with Crippen molar-refractivity contribution in [3.8, 4) is 11.1 Å². The summed E-state index contributed by atoms with van der Waals surface area (Å²) in [6.45, 7) is 0.728. The van der Waals surface area contributed by atoms with Crippen molar-refractivity contribution >= 4 is 17.3 Å². The summed E-state index contributed by atoms with van der Waals surface area (Å²) in [6, 6.07) is 13.0. The fourth-order valence-electron chi connectivity index (χ4n) is 2.23. The van der Waals surface area contributed by atoms with Crippen LogP contribution in [0.2, 0.25) is 5.02 Å². The van der Waals surface area contributed by atoms with Crippen LogP contribution in [0.25, 0.3) is 11.1 Å². The Kier molecular flexibility index (Phi) is 3.90. The Morgan fingerprint density at radius 2 is 1.95 bits per heavy atom. The maximum atomic E-state index is 10.9. The van der Waals surface area contributed by atoms with Gasteiger partial charge < -0.3 is 5.32 Å². The van der Waals surface area contributed by atoms with Gasteiger partial charge in [-0.05, 0) is 41.7 Å². The zero-order valence-electron chi connectivity index (χ0n) is 11.4. The van der Waals surface area contributed by atoms with Crippen LogP contribution in [0.5, 0.6) is 0 Å². The van der Waals surface area contributed by atoms with E-state index in [2.05, 4.69) is 5.32 Å². The molecule has 0 saturated heterocycles. The van der Waals surface area contributed by atoms with Gasteiger partial charge in [0, 0.05) is 29.7 Å². The van der Waals surface area contributed by atoms with Crippen LogP contribution in [-0.4, -0.2) is 11.0 Å². The van der Waals surface area contributed by atoms with Gasteiger partial charge in [0.05, 0.1) is 4.92 Å². The van der Waals surface area contributed by atoms with Crippen LogP contribution in [0.3, 0.4) is 0 Å². The van der Waals surface area contributed by atoms with Gasteiger partial charge in [-0.2, -0.15) is 0 Å². The molecule has 0 atom stereocenters. The van der Waals surface area contributed by atoms with Crippen molar-refractivity contribution < 1.29 is 4.92 Å². The van der Waals surface area contributed by atoms with Crippen molar-refractivity contribution in [2.75, 3.05) is 0 Å². The minimum Gasteiger partial charge on any atom is -0.310 e. The Hall–Kier alpha value is -1.91. The Labute approximate surface area is 127 Å². The summed E-state index contributed by atoms with van der Waals surface area (Å²) in [5, 5.41) is 15.0. The fourth-order valence-corrected chi connectivity index (χ4v) is 2.41. The average Bonchev–Trinajstić information content (AvgIpc) is 3.31. The number of halogens is 1. The molecule has 1 N–H and O–H groups in total. The largest absolute Gasteiger partial charge is 0.310 e. The normalized spacial score (nSPS) is 14.1. The van der Waals surface area contributed by atoms with Gasteiger partial charge in [0.2, 0.25) is 0 Å². The second-order valence-corrected chi connectivity index (χ2v) is 5.68. The Morgan fingerprint density at radius 1 is 1.19 bits per heavy atom. The molecule has 2 aromatic carbocycles. The summed E-state index contributed by atoms with van der Waals surface area (Å²) in [5.41, 5.74) is 2.89. The molecule has 0 aromatic heterocycles. The van der Waals surface area contributed by atoms with E-state index < -0.39 is 0 Å². The number of nitrogens with one attached hydrogen (secondary N) is 1. The summed E-state index contributed by atoms with van der Waals surface area (Å²) in [7, 11) is 0. The first-order valence-electron chi connectivity index (χ1n) is 6.90. The van der Waals surface area contributed by atoms with Crippen LogP contribution in [0.4, 0.5) is 5.69 Å². The smallest absolute Gasteiger partial charge is 0.270 e. The highest BCUT2D eigenvalue weighted by Crippen LogP contribution is 2.28. The summed E-state index contributed by atoms with van der Waals surface area (Å²) in [6.07, 6.45) is 2.45. The molecule has 1 saturated carbocycles. The molecule has 1 aliphatic carbocycles. The van der Waals surface area contributed by atoms with E-state index in [0.29, 0.717) is 6.04 Å². The van der Waals surface area contributed by atoms with Gasteiger partial charge in [-0.3, -0.25) is 10.1 Å². The van der Waals surface area contributed by atoms with Gasteiger partial charge in [0.25, 0.3) is 5.69 Å². The summed E-state index contributed by atoms with van der Waals surface area (Å²) >= 11 is 6.22. The van der Waals surface area contributed by atoms with Gasteiger partial charge in [0.1, 0.15) is 0 Å². The average molecular weight is 303 g/mol. The first-order chi connectivity index (χ1) is 10.1. The van der Waals surface area contributed by atoms with Crippen molar-refractivity contribution in [3.05, 3.63) is 63.2 Å². The summed E-state index contributed by atoms with van der Waals surface area (Å²) < 4.78 is 0. The van der Waals surface area contributed by atoms with Crippen LogP contribution in [0, 0.1) is 10.1 Å². The highest BCUT2D eigenvalue weighted by atomic mass is 35.5. The lowest BCUT2D eigenvalue weighted by molar-refractivity contribution is -0.384. The number of benzene rings is 2. The Balaban J connectivity index is 1.88. The third-order valence-electron chi connectivity index (χ3n) is 3.59. The lowest BCUT2D eigenvalue weighted by atomic mass is 10.0. The van der Waals surface area contributed by atoms with Gasteiger partial charge in [-0.15, -0.1) is 0 Å². The molecular weight excluding hydrogens is 288 g/mol. The SMILES string of the molecule is O=[N+]([O-])c1cccc(-c2ccc(Cl)c(CNC3CC3)c2)c1. The standard InChI is InChI=1S/C16H15ClN2O2/c17-16-7-4-12(8-13(16)10-18-14-5-6-14)11-2-1-3-15(9-11)19(20)21/h1-4,7-9,14,18H,5-6,10H2. The second kappa shape index (κ2) is 5.84. The molecule has 3 rings (SSSR count). The van der Waals surface area contributed by atoms with Crippen LogP contribution < -0.4 is 5.32 Å². The molecule has 5 heteroatoms. The molecule has 0 radical (unpaired) electrons. The zero-order chi connectivity index (χ0) is 14.8. The van der Waals surface area contributed by atoms with Gasteiger partial charge in [0.15, 0.2) is 0 Å². The predicted octanol–water partition coefficient (Wildman–Crippen LogP) is 4.17. The third kappa shape index (κ3) is 3.40. The Bertz CT molecular complexity index is 684. The van der Waals surface area contributed by atoms with Crippen molar-refractivity contribution in [2.24, 2.45) is 0 Å². The van der Waals surface area contributed by atoms with E-state index in [1.165, 1.54) is 18.9 Å². The molecule has 1 fully saturated rings. The van der Waals surface area contributed by atoms with Crippen LogP contribution >= 0.6 is 11.6 Å². The highest BCUT2D eigenvalue weighted by molar-refractivity contribution is 6.31. The van der Waals surface area contributed by atoms with Gasteiger partial charge in [-0.1, -0.05) is 29.8 Å². The van der Waals surface area contributed by atoms with E-state index in [9.17, 15) is 10.1 Å². The maximum Gasteiger partial charge on any atom is 0.270 e. The minimum atomic E-state index is -0.380. The highest BCUT2D eigenvalue weighted by Gasteiger charge is 2.20. The topological polar surface area (TPSA) is 55.2 Å². The van der Waals surface area contributed by atoms with Crippen LogP contribution in [0.15, 0.2) is 42.5 Å². The van der Waals surface area contributed by atoms with E-state index in [0.717, 1.165) is 28.3 Å². The number of hydrogen-bond acceptors (Lipinski definition) is 3. The van der Waals surface area contributed by atoms with E-state index in [1.807, 2.05) is 24.3 Å². The number of nitro benzene ring substituents is 1.